The Morgan fingerprint density at radius 3 is 1.00 bits per heavy atom. The van der Waals surface area contributed by atoms with Gasteiger partial charge in [-0.15, -0.1) is 0 Å². The Balaban J connectivity index is 0.886. The maximum atomic E-state index is 13.5. The van der Waals surface area contributed by atoms with Gasteiger partial charge in [-0.2, -0.15) is 0 Å². The summed E-state index contributed by atoms with van der Waals surface area (Å²) in [5.41, 5.74) is 14.1. The summed E-state index contributed by atoms with van der Waals surface area (Å²) in [5, 5.41) is 28.4. The quantitative estimate of drug-likeness (QED) is 0.134. The van der Waals surface area contributed by atoms with Crippen molar-refractivity contribution in [3.05, 3.63) is 201 Å². The van der Waals surface area contributed by atoms with Crippen LogP contribution in [0.2, 0.25) is 0 Å². The minimum atomic E-state index is -0.420. The molecule has 0 amide bonds. The van der Waals surface area contributed by atoms with E-state index < -0.39 is 15.5 Å². The molecule has 2 nitrogen and oxygen atoms in total. The van der Waals surface area contributed by atoms with Crippen LogP contribution in [0, 0.1) is 11.8 Å². The summed E-state index contributed by atoms with van der Waals surface area (Å²) in [6, 6.07) is 56.6. The fourth-order valence-electron chi connectivity index (χ4n) is 20.2. The first kappa shape index (κ1) is 53.3. The molecule has 10 aliphatic rings. The van der Waals surface area contributed by atoms with E-state index in [9.17, 15) is 10.2 Å². The van der Waals surface area contributed by atoms with Gasteiger partial charge >= 0.3 is 489 Å². The molecular formula is C74H88O2S2Ti. The second kappa shape index (κ2) is 19.5. The van der Waals surface area contributed by atoms with E-state index in [2.05, 4.69) is 187 Å². The molecule has 9 fully saturated rings. The Morgan fingerprint density at radius 1 is 0.405 bits per heavy atom. The fraction of sp³-hybridized carbons (Fsp3) is 0.514. The molecule has 1 aliphatic heterocycles. The predicted octanol–water partition coefficient (Wildman–Crippen LogP) is 19.2. The average molecular weight is 1120 g/mol. The number of fused-ring (bicyclic) bond motifs is 1. The Labute approximate surface area is 485 Å². The van der Waals surface area contributed by atoms with E-state index in [1.54, 1.807) is 0 Å². The van der Waals surface area contributed by atoms with Crippen LogP contribution in [0.25, 0.3) is 0 Å². The van der Waals surface area contributed by atoms with Gasteiger partial charge in [0.05, 0.1) is 0 Å². The molecular weight excluding hydrogens is 1030 g/mol. The van der Waals surface area contributed by atoms with E-state index in [1.165, 1.54) is 146 Å². The molecule has 412 valence electrons. The topological polar surface area (TPSA) is 40.5 Å². The Bertz CT molecular complexity index is 3050. The zero-order valence-electron chi connectivity index (χ0n) is 48.5. The number of benzene rings is 6. The standard InChI is InChI=1S/C74H88O2S2.Ti/c1-67(2,3)59-33-53(65(75)61(35-59)73-41-51-37-69(47-73,55-23-13-9-14-24-55)45-70(38-51,48-73)56-25-15-10-16-26-56)43-77-63-31-21-7-8-22-32-64(63)78-44-54-34-60(68(4,5)6)36-62(66(54)76)74-42-52-39-71(49-74,57-27-17-11-18-28-57)46-72(40-52,50-74)58-29-19-12-20-30-58;/h9-20,23-30,33-36,51-52,63-64,75-76H,7-8,21-22,31-32,37-50H2,1-6H3;/t51?,52?,63-,64?,69?,70?,71?,72?,73?,74?;/m0./s1. The van der Waals surface area contributed by atoms with Gasteiger partial charge in [-0.25, -0.2) is 0 Å². The molecule has 8 bridgehead atoms. The molecule has 9 aliphatic carbocycles. The van der Waals surface area contributed by atoms with Gasteiger partial charge in [0, 0.05) is 0 Å². The van der Waals surface area contributed by atoms with Gasteiger partial charge in [0.25, 0.3) is 0 Å². The van der Waals surface area contributed by atoms with Crippen molar-refractivity contribution >= 4 is 15.9 Å². The van der Waals surface area contributed by atoms with Gasteiger partial charge in [-0.3, -0.25) is 0 Å². The van der Waals surface area contributed by atoms with Crippen molar-refractivity contribution in [1.82, 2.24) is 0 Å². The summed E-state index contributed by atoms with van der Waals surface area (Å²) >= 11 is -0.420. The SMILES string of the molecule is CC(C)(C)c1cc(C[S]2=[Ti]=[S](Cc3cc(C(C)(C)C)cc(C45CC6CC(c7ccccc7)(CC(c7ccccc7)(C6)C4)C5)c3O)[C@H]3CCCCCCC32)c(O)c(C23CC4CC(c5ccccc5)(CC(c5ccccc5)(C4)C2)C3)c1. The second-order valence-electron chi connectivity index (χ2n) is 30.0. The summed E-state index contributed by atoms with van der Waals surface area (Å²) in [7, 11) is 0.481. The van der Waals surface area contributed by atoms with E-state index in [1.807, 2.05) is 0 Å². The molecule has 6 aromatic carbocycles. The minimum absolute atomic E-state index is 0.0403. The van der Waals surface area contributed by atoms with Crippen LogP contribution in [-0.2, 0) is 70.3 Å². The number of hydrogen-bond donors (Lipinski definition) is 2. The van der Waals surface area contributed by atoms with E-state index >= 15 is 0 Å². The predicted molar refractivity (Wildman–Crippen MR) is 330 cm³/mol. The van der Waals surface area contributed by atoms with E-state index in [4.69, 9.17) is 0 Å². The van der Waals surface area contributed by atoms with Crippen LogP contribution in [0.3, 0.4) is 0 Å². The summed E-state index contributed by atoms with van der Waals surface area (Å²) in [6.45, 7) is 14.5. The van der Waals surface area contributed by atoms with Crippen molar-refractivity contribution in [2.75, 3.05) is 0 Å². The second-order valence-corrected chi connectivity index (χ2v) is 41.5. The molecule has 16 rings (SSSR count). The van der Waals surface area contributed by atoms with Crippen LogP contribution in [0.4, 0.5) is 0 Å². The van der Waals surface area contributed by atoms with Crippen LogP contribution in [0.15, 0.2) is 146 Å². The number of phenolic OH excluding ortho intramolecular Hbond substituents is 2. The molecule has 0 saturated heterocycles. The molecule has 7 unspecified atom stereocenters. The third kappa shape index (κ3) is 9.05. The van der Waals surface area contributed by atoms with Gasteiger partial charge in [0.2, 0.25) is 0 Å². The number of hydrogen-bond acceptors (Lipinski definition) is 2. The van der Waals surface area contributed by atoms with Crippen molar-refractivity contribution in [2.24, 2.45) is 11.8 Å². The van der Waals surface area contributed by atoms with Crippen molar-refractivity contribution in [1.29, 1.82) is 0 Å². The molecule has 0 spiro atoms. The third-order valence-corrected chi connectivity index (χ3v) is 38.6. The van der Waals surface area contributed by atoms with Gasteiger partial charge in [-0.1, -0.05) is 0 Å². The molecule has 9 saturated carbocycles. The van der Waals surface area contributed by atoms with Gasteiger partial charge < -0.3 is 0 Å². The average Bonchev–Trinajstić information content (AvgIpc) is 3.79. The first-order chi connectivity index (χ1) is 37.9. The summed E-state index contributed by atoms with van der Waals surface area (Å²) in [5.74, 6) is 4.65. The van der Waals surface area contributed by atoms with Gasteiger partial charge in [-0.05, 0) is 0 Å². The molecule has 0 radical (unpaired) electrons. The van der Waals surface area contributed by atoms with Crippen molar-refractivity contribution in [3.63, 3.8) is 0 Å². The summed E-state index contributed by atoms with van der Waals surface area (Å²) in [4.78, 5) is 0. The van der Waals surface area contributed by atoms with Crippen LogP contribution in [-0.4, -0.2) is 20.7 Å². The number of aromatic hydroxyl groups is 2. The first-order valence-electron chi connectivity index (χ1n) is 31.0. The van der Waals surface area contributed by atoms with Crippen LogP contribution < -0.4 is 0 Å². The maximum absolute atomic E-state index is 13.5. The first-order valence-corrected chi connectivity index (χ1v) is 37.8. The Morgan fingerprint density at radius 2 is 0.696 bits per heavy atom. The Kier molecular flexibility index (Phi) is 13.1. The zero-order valence-corrected chi connectivity index (χ0v) is 51.7. The monoisotopic (exact) mass is 1120 g/mol. The molecule has 5 heteroatoms. The Hall–Kier alpha value is -3.67. The van der Waals surface area contributed by atoms with E-state index in [0.29, 0.717) is 23.3 Å². The van der Waals surface area contributed by atoms with Crippen LogP contribution in [0.1, 0.15) is 213 Å². The summed E-state index contributed by atoms with van der Waals surface area (Å²) in [6.07, 6.45) is 22.4. The normalized spacial score (nSPS) is 35.3. The van der Waals surface area contributed by atoms with Gasteiger partial charge in [0.1, 0.15) is 0 Å². The van der Waals surface area contributed by atoms with E-state index in [0.717, 1.165) is 47.7 Å². The summed E-state index contributed by atoms with van der Waals surface area (Å²) < 4.78 is 0. The number of phenols is 2. The van der Waals surface area contributed by atoms with Crippen molar-refractivity contribution < 1.29 is 25.7 Å². The third-order valence-electron chi connectivity index (χ3n) is 22.6. The molecule has 2 N–H and O–H groups in total. The molecule has 1 heterocycles. The van der Waals surface area contributed by atoms with Crippen molar-refractivity contribution in [2.45, 2.75) is 222 Å². The van der Waals surface area contributed by atoms with Crippen molar-refractivity contribution in [3.8, 4) is 11.5 Å². The molecule has 8 atom stereocenters. The van der Waals surface area contributed by atoms with Crippen LogP contribution in [0.5, 0.6) is 11.5 Å². The molecule has 0 aromatic heterocycles. The number of rotatable bonds is 10. The fourth-order valence-corrected chi connectivity index (χ4v) is 41.0. The van der Waals surface area contributed by atoms with Gasteiger partial charge in [0.15, 0.2) is 0 Å². The molecule has 6 aromatic rings. The van der Waals surface area contributed by atoms with Crippen LogP contribution >= 0.6 is 15.9 Å². The molecule has 79 heavy (non-hydrogen) atoms. The zero-order chi connectivity index (χ0) is 54.2. The van der Waals surface area contributed by atoms with E-state index in [-0.39, 0.29) is 59.3 Å².